The van der Waals surface area contributed by atoms with Crippen molar-refractivity contribution >= 4 is 23.2 Å². The van der Waals surface area contributed by atoms with Crippen LogP contribution in [0.15, 0.2) is 18.2 Å². The van der Waals surface area contributed by atoms with E-state index >= 15 is 0 Å². The molecule has 0 radical (unpaired) electrons. The lowest BCUT2D eigenvalue weighted by atomic mass is 10.2. The van der Waals surface area contributed by atoms with E-state index in [0.717, 1.165) is 57.5 Å². The number of nitrogens with one attached hydrogen (secondary N) is 2. The van der Waals surface area contributed by atoms with Gasteiger partial charge in [-0.1, -0.05) is 6.07 Å². The molecule has 2 fully saturated rings. The molecule has 0 spiro atoms. The van der Waals surface area contributed by atoms with Crippen LogP contribution in [-0.4, -0.2) is 56.0 Å². The molecule has 0 aliphatic carbocycles. The molecule has 2 aliphatic rings. The molecule has 3 rings (SSSR count). The first-order valence-corrected chi connectivity index (χ1v) is 8.97. The van der Waals surface area contributed by atoms with E-state index in [-0.39, 0.29) is 30.7 Å². The number of hydrogen-bond donors (Lipinski definition) is 2. The summed E-state index contributed by atoms with van der Waals surface area (Å²) in [6.07, 6.45) is 4.23. The Bertz CT molecular complexity index is 626. The second kappa shape index (κ2) is 8.18. The molecule has 6 nitrogen and oxygen atoms in total. The molecule has 2 heterocycles. The Kier molecular flexibility index (Phi) is 5.73. The summed E-state index contributed by atoms with van der Waals surface area (Å²) in [6, 6.07) is 4.94. The van der Waals surface area contributed by atoms with Gasteiger partial charge in [-0.15, -0.1) is 0 Å². The molecule has 0 unspecified atom stereocenters. The van der Waals surface area contributed by atoms with E-state index in [1.54, 1.807) is 11.0 Å². The lowest BCUT2D eigenvalue weighted by Crippen LogP contribution is -2.40. The van der Waals surface area contributed by atoms with Crippen molar-refractivity contribution in [3.8, 4) is 0 Å². The highest BCUT2D eigenvalue weighted by Crippen LogP contribution is 2.30. The summed E-state index contributed by atoms with van der Waals surface area (Å²) in [6.45, 7) is 3.26. The molecule has 0 saturated carbocycles. The average Bonchev–Trinajstić information content (AvgIpc) is 3.31. The molecule has 2 saturated heterocycles. The molecule has 2 aliphatic heterocycles. The van der Waals surface area contributed by atoms with E-state index in [1.807, 2.05) is 6.07 Å². The predicted molar refractivity (Wildman–Crippen MR) is 95.2 cm³/mol. The number of amides is 2. The van der Waals surface area contributed by atoms with E-state index in [0.29, 0.717) is 5.69 Å². The van der Waals surface area contributed by atoms with Crippen LogP contribution in [0.4, 0.5) is 15.8 Å². The minimum atomic E-state index is -0.370. The van der Waals surface area contributed by atoms with Crippen LogP contribution in [0.2, 0.25) is 0 Å². The highest BCUT2D eigenvalue weighted by molar-refractivity contribution is 5.87. The number of hydrogen-bond acceptors (Lipinski definition) is 4. The van der Waals surface area contributed by atoms with Gasteiger partial charge < -0.3 is 20.4 Å². The number of carbonyl (C=O) groups excluding carboxylic acids is 2. The van der Waals surface area contributed by atoms with Crippen LogP contribution in [0, 0.1) is 5.82 Å². The van der Waals surface area contributed by atoms with Crippen LogP contribution in [0.1, 0.15) is 25.7 Å². The summed E-state index contributed by atoms with van der Waals surface area (Å²) in [5, 5.41) is 5.51. The van der Waals surface area contributed by atoms with Crippen LogP contribution in [0.3, 0.4) is 0 Å². The number of anilines is 2. The molecule has 136 valence electrons. The number of rotatable bonds is 6. The highest BCUT2D eigenvalue weighted by atomic mass is 19.1. The Labute approximate surface area is 147 Å². The lowest BCUT2D eigenvalue weighted by molar-refractivity contribution is -0.131. The summed E-state index contributed by atoms with van der Waals surface area (Å²) < 4.78 is 14.2. The monoisotopic (exact) mass is 348 g/mol. The second-order valence-corrected chi connectivity index (χ2v) is 6.55. The maximum atomic E-state index is 14.2. The largest absolute Gasteiger partial charge is 0.372 e. The normalized spacial score (nSPS) is 17.0. The van der Waals surface area contributed by atoms with Crippen LogP contribution in [0.25, 0.3) is 0 Å². The van der Waals surface area contributed by atoms with Crippen LogP contribution < -0.4 is 15.5 Å². The highest BCUT2D eigenvalue weighted by Gasteiger charge is 2.20. The molecule has 0 aromatic heterocycles. The van der Waals surface area contributed by atoms with Crippen LogP contribution in [0.5, 0.6) is 0 Å². The number of halogens is 1. The van der Waals surface area contributed by atoms with Gasteiger partial charge in [0.25, 0.3) is 0 Å². The minimum absolute atomic E-state index is 0.00321. The number of para-hydroxylation sites is 1. The van der Waals surface area contributed by atoms with Crippen molar-refractivity contribution in [2.45, 2.75) is 25.7 Å². The quantitative estimate of drug-likeness (QED) is 0.819. The Morgan fingerprint density at radius 1 is 1.00 bits per heavy atom. The fourth-order valence-corrected chi connectivity index (χ4v) is 3.39. The first kappa shape index (κ1) is 17.5. The molecule has 0 atom stereocenters. The summed E-state index contributed by atoms with van der Waals surface area (Å²) >= 11 is 0. The summed E-state index contributed by atoms with van der Waals surface area (Å²) in [7, 11) is 0. The molecule has 7 heteroatoms. The van der Waals surface area contributed by atoms with E-state index in [9.17, 15) is 14.0 Å². The van der Waals surface area contributed by atoms with Gasteiger partial charge in [0.2, 0.25) is 11.8 Å². The average molecular weight is 348 g/mol. The van der Waals surface area contributed by atoms with E-state index in [2.05, 4.69) is 15.5 Å². The maximum absolute atomic E-state index is 14.2. The predicted octanol–water partition coefficient (Wildman–Crippen LogP) is 1.58. The van der Waals surface area contributed by atoms with Crippen molar-refractivity contribution in [1.29, 1.82) is 0 Å². The Morgan fingerprint density at radius 3 is 2.40 bits per heavy atom. The third kappa shape index (κ3) is 4.41. The van der Waals surface area contributed by atoms with Gasteiger partial charge in [-0.3, -0.25) is 9.59 Å². The zero-order valence-corrected chi connectivity index (χ0v) is 14.4. The van der Waals surface area contributed by atoms with Crippen molar-refractivity contribution in [2.75, 3.05) is 49.5 Å². The minimum Gasteiger partial charge on any atom is -0.372 e. The van der Waals surface area contributed by atoms with E-state index in [4.69, 9.17) is 0 Å². The fourth-order valence-electron chi connectivity index (χ4n) is 3.39. The Hall–Kier alpha value is -2.31. The Balaban J connectivity index is 1.52. The zero-order valence-electron chi connectivity index (χ0n) is 14.4. The van der Waals surface area contributed by atoms with Crippen molar-refractivity contribution in [3.05, 3.63) is 24.0 Å². The first-order valence-electron chi connectivity index (χ1n) is 8.97. The maximum Gasteiger partial charge on any atom is 0.241 e. The third-order valence-electron chi connectivity index (χ3n) is 4.76. The van der Waals surface area contributed by atoms with Gasteiger partial charge in [0.15, 0.2) is 0 Å². The first-order chi connectivity index (χ1) is 12.1. The molecule has 1 aromatic carbocycles. The van der Waals surface area contributed by atoms with E-state index < -0.39 is 0 Å². The molecule has 2 amide bonds. The van der Waals surface area contributed by atoms with Gasteiger partial charge in [-0.2, -0.15) is 0 Å². The number of carbonyl (C=O) groups is 2. The number of benzene rings is 1. The Morgan fingerprint density at radius 2 is 1.68 bits per heavy atom. The molecule has 2 N–H and O–H groups in total. The SMILES string of the molecule is O=C(CNc1c(F)cccc1N1CCCC1)NCC(=O)N1CCCC1. The fraction of sp³-hybridized carbons (Fsp3) is 0.556. The molecular formula is C18H25FN4O2. The van der Waals surface area contributed by atoms with Gasteiger partial charge in [0, 0.05) is 26.2 Å². The molecule has 0 bridgehead atoms. The van der Waals surface area contributed by atoms with Gasteiger partial charge in [-0.05, 0) is 37.8 Å². The number of likely N-dealkylation sites (tertiary alicyclic amines) is 1. The summed E-state index contributed by atoms with van der Waals surface area (Å²) in [4.78, 5) is 27.8. The van der Waals surface area contributed by atoms with Crippen LogP contribution in [-0.2, 0) is 9.59 Å². The topological polar surface area (TPSA) is 64.7 Å². The molecular weight excluding hydrogens is 323 g/mol. The third-order valence-corrected chi connectivity index (χ3v) is 4.76. The molecule has 1 aromatic rings. The van der Waals surface area contributed by atoms with Crippen molar-refractivity contribution in [2.24, 2.45) is 0 Å². The van der Waals surface area contributed by atoms with Gasteiger partial charge in [0.1, 0.15) is 5.82 Å². The standard InChI is InChI=1S/C18H25FN4O2/c19-14-6-5-7-15(22-8-1-2-9-22)18(14)21-12-16(24)20-13-17(25)23-10-3-4-11-23/h5-7,21H,1-4,8-13H2,(H,20,24). The smallest absolute Gasteiger partial charge is 0.241 e. The van der Waals surface area contributed by atoms with Crippen molar-refractivity contribution < 1.29 is 14.0 Å². The van der Waals surface area contributed by atoms with Crippen molar-refractivity contribution in [3.63, 3.8) is 0 Å². The zero-order chi connectivity index (χ0) is 17.6. The lowest BCUT2D eigenvalue weighted by Gasteiger charge is -2.22. The molecule has 25 heavy (non-hydrogen) atoms. The van der Waals surface area contributed by atoms with E-state index in [1.165, 1.54) is 6.07 Å². The van der Waals surface area contributed by atoms with Gasteiger partial charge in [-0.25, -0.2) is 4.39 Å². The van der Waals surface area contributed by atoms with Crippen LogP contribution >= 0.6 is 0 Å². The number of nitrogens with zero attached hydrogens (tertiary/aromatic N) is 2. The summed E-state index contributed by atoms with van der Waals surface area (Å²) in [5.74, 6) is -0.747. The second-order valence-electron chi connectivity index (χ2n) is 6.55. The van der Waals surface area contributed by atoms with Gasteiger partial charge in [0.05, 0.1) is 24.5 Å². The van der Waals surface area contributed by atoms with Gasteiger partial charge >= 0.3 is 0 Å². The summed E-state index contributed by atoms with van der Waals surface area (Å²) in [5.41, 5.74) is 1.14. The van der Waals surface area contributed by atoms with Crippen molar-refractivity contribution in [1.82, 2.24) is 10.2 Å².